The minimum absolute atomic E-state index is 0.00344. The SMILES string of the molecule is Cc1ccc2nc(-c3ccc(NC(=O)c4ccc(F)c([N+](=O)[O-])c4)cc3)sc2c1. The molecule has 29 heavy (non-hydrogen) atoms. The number of carbonyl (C=O) groups excluding carboxylic acids is 1. The predicted molar refractivity (Wildman–Crippen MR) is 111 cm³/mol. The van der Waals surface area contributed by atoms with Gasteiger partial charge in [-0.05, 0) is 61.0 Å². The summed E-state index contributed by atoms with van der Waals surface area (Å²) in [7, 11) is 0. The van der Waals surface area contributed by atoms with Gasteiger partial charge in [-0.2, -0.15) is 4.39 Å². The van der Waals surface area contributed by atoms with Crippen LogP contribution in [0.1, 0.15) is 15.9 Å². The number of benzene rings is 3. The second-order valence-electron chi connectivity index (χ2n) is 6.44. The molecule has 3 aromatic carbocycles. The molecule has 1 N–H and O–H groups in total. The second-order valence-corrected chi connectivity index (χ2v) is 7.48. The lowest BCUT2D eigenvalue weighted by Gasteiger charge is -2.06. The van der Waals surface area contributed by atoms with Crippen molar-refractivity contribution in [2.24, 2.45) is 0 Å². The van der Waals surface area contributed by atoms with Gasteiger partial charge in [0, 0.05) is 22.9 Å². The fourth-order valence-corrected chi connectivity index (χ4v) is 3.92. The number of nitrogens with one attached hydrogen (secondary N) is 1. The van der Waals surface area contributed by atoms with Crippen molar-refractivity contribution in [3.8, 4) is 10.6 Å². The number of hydrogen-bond acceptors (Lipinski definition) is 5. The van der Waals surface area contributed by atoms with Crippen LogP contribution in [0.2, 0.25) is 0 Å². The number of nitro groups is 1. The third-order valence-corrected chi connectivity index (χ3v) is 5.41. The molecule has 1 aromatic heterocycles. The molecule has 0 saturated heterocycles. The van der Waals surface area contributed by atoms with Crippen LogP contribution in [0, 0.1) is 22.9 Å². The van der Waals surface area contributed by atoms with E-state index in [1.165, 1.54) is 11.6 Å². The van der Waals surface area contributed by atoms with Gasteiger partial charge in [0.2, 0.25) is 5.82 Å². The molecule has 4 rings (SSSR count). The zero-order valence-corrected chi connectivity index (χ0v) is 16.0. The number of halogens is 1. The first-order chi connectivity index (χ1) is 13.9. The van der Waals surface area contributed by atoms with Crippen LogP contribution in [0.3, 0.4) is 0 Å². The number of amides is 1. The Bertz CT molecular complexity index is 1250. The van der Waals surface area contributed by atoms with E-state index in [1.807, 2.05) is 31.2 Å². The van der Waals surface area contributed by atoms with E-state index < -0.39 is 22.3 Å². The first-order valence-electron chi connectivity index (χ1n) is 8.63. The van der Waals surface area contributed by atoms with Crippen LogP contribution < -0.4 is 5.32 Å². The lowest BCUT2D eigenvalue weighted by Crippen LogP contribution is -2.12. The molecule has 8 heteroatoms. The van der Waals surface area contributed by atoms with Gasteiger partial charge in [-0.1, -0.05) is 6.07 Å². The van der Waals surface area contributed by atoms with E-state index in [1.54, 1.807) is 23.5 Å². The molecule has 144 valence electrons. The van der Waals surface area contributed by atoms with Crippen molar-refractivity contribution >= 4 is 38.8 Å². The molecule has 0 fully saturated rings. The molecule has 1 amide bonds. The predicted octanol–water partition coefficient (Wildman–Crippen LogP) is 5.57. The Morgan fingerprint density at radius 2 is 1.86 bits per heavy atom. The molecule has 0 atom stereocenters. The Kier molecular flexibility index (Phi) is 4.77. The Morgan fingerprint density at radius 3 is 2.59 bits per heavy atom. The van der Waals surface area contributed by atoms with E-state index >= 15 is 0 Å². The third-order valence-electron chi connectivity index (χ3n) is 4.34. The van der Waals surface area contributed by atoms with Crippen molar-refractivity contribution in [1.29, 1.82) is 0 Å². The molecule has 0 radical (unpaired) electrons. The average Bonchev–Trinajstić information content (AvgIpc) is 3.11. The highest BCUT2D eigenvalue weighted by Crippen LogP contribution is 2.31. The molecule has 0 aliphatic rings. The number of nitrogens with zero attached hydrogens (tertiary/aromatic N) is 2. The summed E-state index contributed by atoms with van der Waals surface area (Å²) in [5, 5.41) is 14.4. The van der Waals surface area contributed by atoms with Crippen LogP contribution in [-0.2, 0) is 0 Å². The number of fused-ring (bicyclic) bond motifs is 1. The van der Waals surface area contributed by atoms with Gasteiger partial charge in [-0.3, -0.25) is 14.9 Å². The van der Waals surface area contributed by atoms with Crippen LogP contribution >= 0.6 is 11.3 Å². The minimum Gasteiger partial charge on any atom is -0.322 e. The largest absolute Gasteiger partial charge is 0.322 e. The van der Waals surface area contributed by atoms with Crippen LogP contribution in [0.5, 0.6) is 0 Å². The summed E-state index contributed by atoms with van der Waals surface area (Å²) in [6, 6.07) is 16.3. The standard InChI is InChI=1S/C21H14FN3O3S/c1-12-2-9-17-19(10-12)29-21(24-17)13-3-6-15(7-4-13)23-20(26)14-5-8-16(22)18(11-14)25(27)28/h2-11H,1H3,(H,23,26). The summed E-state index contributed by atoms with van der Waals surface area (Å²) in [4.78, 5) is 26.9. The average molecular weight is 407 g/mol. The van der Waals surface area contributed by atoms with Crippen molar-refractivity contribution < 1.29 is 14.1 Å². The molecular weight excluding hydrogens is 393 g/mol. The lowest BCUT2D eigenvalue weighted by molar-refractivity contribution is -0.387. The fraction of sp³-hybridized carbons (Fsp3) is 0.0476. The first kappa shape index (κ1) is 18.7. The van der Waals surface area contributed by atoms with E-state index in [-0.39, 0.29) is 5.56 Å². The maximum absolute atomic E-state index is 13.4. The number of aryl methyl sites for hydroxylation is 1. The van der Waals surface area contributed by atoms with E-state index in [9.17, 15) is 19.3 Å². The highest BCUT2D eigenvalue weighted by molar-refractivity contribution is 7.21. The van der Waals surface area contributed by atoms with Gasteiger partial charge >= 0.3 is 5.69 Å². The molecule has 0 aliphatic carbocycles. The zero-order valence-electron chi connectivity index (χ0n) is 15.2. The number of thiazole rings is 1. The van der Waals surface area contributed by atoms with Crippen LogP contribution in [0.15, 0.2) is 60.7 Å². The number of nitro benzene ring substituents is 1. The molecule has 0 unspecified atom stereocenters. The summed E-state index contributed by atoms with van der Waals surface area (Å²) in [6.45, 7) is 2.03. The third kappa shape index (κ3) is 3.83. The molecule has 0 bridgehead atoms. The van der Waals surface area contributed by atoms with Gasteiger partial charge in [0.15, 0.2) is 0 Å². The highest BCUT2D eigenvalue weighted by atomic mass is 32.1. The van der Waals surface area contributed by atoms with Gasteiger partial charge in [-0.25, -0.2) is 4.98 Å². The summed E-state index contributed by atoms with van der Waals surface area (Å²) >= 11 is 1.59. The van der Waals surface area contributed by atoms with Gasteiger partial charge in [0.05, 0.1) is 15.1 Å². The first-order valence-corrected chi connectivity index (χ1v) is 9.45. The van der Waals surface area contributed by atoms with Crippen LogP contribution in [0.4, 0.5) is 15.8 Å². The van der Waals surface area contributed by atoms with Gasteiger partial charge < -0.3 is 5.32 Å². The minimum atomic E-state index is -0.984. The lowest BCUT2D eigenvalue weighted by atomic mass is 10.1. The molecular formula is C21H14FN3O3S. The highest BCUT2D eigenvalue weighted by Gasteiger charge is 2.17. The molecule has 0 aliphatic heterocycles. The number of anilines is 1. The van der Waals surface area contributed by atoms with Crippen molar-refractivity contribution in [3.63, 3.8) is 0 Å². The molecule has 0 saturated carbocycles. The Labute approximate surface area is 168 Å². The molecule has 4 aromatic rings. The zero-order chi connectivity index (χ0) is 20.5. The monoisotopic (exact) mass is 407 g/mol. The Morgan fingerprint density at radius 1 is 1.10 bits per heavy atom. The van der Waals surface area contributed by atoms with E-state index in [4.69, 9.17) is 0 Å². The topological polar surface area (TPSA) is 85.1 Å². The van der Waals surface area contributed by atoms with Crippen molar-refractivity contribution in [2.45, 2.75) is 6.92 Å². The molecule has 0 spiro atoms. The maximum atomic E-state index is 13.4. The van der Waals surface area contributed by atoms with Crippen molar-refractivity contribution in [1.82, 2.24) is 4.98 Å². The summed E-state index contributed by atoms with van der Waals surface area (Å²) < 4.78 is 14.5. The van der Waals surface area contributed by atoms with Crippen LogP contribution in [0.25, 0.3) is 20.8 Å². The van der Waals surface area contributed by atoms with Crippen LogP contribution in [-0.4, -0.2) is 15.8 Å². The van der Waals surface area contributed by atoms with Gasteiger partial charge in [-0.15, -0.1) is 11.3 Å². The number of rotatable bonds is 4. The molecule has 6 nitrogen and oxygen atoms in total. The smallest absolute Gasteiger partial charge is 0.305 e. The van der Waals surface area contributed by atoms with Gasteiger partial charge in [0.1, 0.15) is 5.01 Å². The maximum Gasteiger partial charge on any atom is 0.305 e. The Balaban J connectivity index is 1.54. The fourth-order valence-electron chi connectivity index (χ4n) is 2.85. The second kappa shape index (κ2) is 7.40. The normalized spacial score (nSPS) is 10.8. The van der Waals surface area contributed by atoms with E-state index in [2.05, 4.69) is 16.4 Å². The quantitative estimate of drug-likeness (QED) is 0.354. The van der Waals surface area contributed by atoms with E-state index in [0.717, 1.165) is 32.9 Å². The van der Waals surface area contributed by atoms with Crippen molar-refractivity contribution in [3.05, 3.63) is 87.7 Å². The summed E-state index contributed by atoms with van der Waals surface area (Å²) in [5.41, 5.74) is 2.81. The Hall–Kier alpha value is -3.65. The van der Waals surface area contributed by atoms with E-state index in [0.29, 0.717) is 5.69 Å². The van der Waals surface area contributed by atoms with Crippen molar-refractivity contribution in [2.75, 3.05) is 5.32 Å². The summed E-state index contributed by atoms with van der Waals surface area (Å²) in [6.07, 6.45) is 0. The molecule has 1 heterocycles. The number of hydrogen-bond donors (Lipinski definition) is 1. The number of aromatic nitrogens is 1. The van der Waals surface area contributed by atoms with Gasteiger partial charge in [0.25, 0.3) is 5.91 Å². The number of carbonyl (C=O) groups is 1. The summed E-state index contributed by atoms with van der Waals surface area (Å²) in [5.74, 6) is -1.54.